The lowest BCUT2D eigenvalue weighted by atomic mass is 9.67. The lowest BCUT2D eigenvalue weighted by Crippen LogP contribution is -2.66. The molecular weight excluding hydrogens is 354 g/mol. The lowest BCUT2D eigenvalue weighted by molar-refractivity contribution is -0.165. The van der Waals surface area contributed by atoms with Gasteiger partial charge in [-0.3, -0.25) is 14.4 Å². The zero-order valence-corrected chi connectivity index (χ0v) is 16.2. The van der Waals surface area contributed by atoms with Crippen LogP contribution in [-0.4, -0.2) is 59.0 Å². The molecule has 2 saturated carbocycles. The number of nitrogens with two attached hydrogens (primary N) is 2. The number of aliphatic carboxylic acids is 1. The fourth-order valence-corrected chi connectivity index (χ4v) is 5.32. The van der Waals surface area contributed by atoms with Crippen molar-refractivity contribution in [2.75, 3.05) is 7.11 Å². The van der Waals surface area contributed by atoms with E-state index < -0.39 is 53.7 Å². The van der Waals surface area contributed by atoms with Crippen molar-refractivity contribution >= 4 is 23.8 Å². The van der Waals surface area contributed by atoms with E-state index in [0.717, 1.165) is 31.3 Å². The molecule has 152 valence electrons. The Kier molecular flexibility index (Phi) is 5.56. The lowest BCUT2D eigenvalue weighted by Gasteiger charge is -2.50. The highest BCUT2D eigenvalue weighted by Gasteiger charge is 2.64. The second-order valence-corrected chi connectivity index (χ2v) is 8.60. The summed E-state index contributed by atoms with van der Waals surface area (Å²) in [6.07, 6.45) is 2.05. The number of hydrogen-bond acceptors (Lipinski definition) is 6. The van der Waals surface area contributed by atoms with Crippen molar-refractivity contribution in [2.45, 2.75) is 64.6 Å². The molecule has 27 heavy (non-hydrogen) atoms. The number of ether oxygens (including phenoxy) is 1. The smallest absolute Gasteiger partial charge is 0.338 e. The van der Waals surface area contributed by atoms with Gasteiger partial charge < -0.3 is 26.2 Å². The first-order valence-corrected chi connectivity index (χ1v) is 9.03. The molecule has 5 atom stereocenters. The molecule has 5 N–H and O–H groups in total. The molecule has 0 saturated heterocycles. The molecule has 2 fully saturated rings. The minimum absolute atomic E-state index is 0.310. The van der Waals surface area contributed by atoms with Gasteiger partial charge >= 0.3 is 11.9 Å². The minimum Gasteiger partial charge on any atom is -0.481 e. The van der Waals surface area contributed by atoms with Crippen molar-refractivity contribution in [1.29, 1.82) is 0 Å². The first-order chi connectivity index (χ1) is 12.4. The van der Waals surface area contributed by atoms with Crippen molar-refractivity contribution in [3.63, 3.8) is 0 Å². The number of primary amides is 1. The zero-order valence-electron chi connectivity index (χ0n) is 16.2. The second-order valence-electron chi connectivity index (χ2n) is 8.60. The molecule has 0 aromatic heterocycles. The van der Waals surface area contributed by atoms with Crippen LogP contribution in [0, 0.1) is 16.7 Å². The van der Waals surface area contributed by atoms with Gasteiger partial charge in [0.15, 0.2) is 0 Å². The third-order valence-corrected chi connectivity index (χ3v) is 6.41. The van der Waals surface area contributed by atoms with Crippen LogP contribution in [0.15, 0.2) is 0 Å². The van der Waals surface area contributed by atoms with Crippen molar-refractivity contribution in [2.24, 2.45) is 28.2 Å². The molecule has 3 unspecified atom stereocenters. The number of methoxy groups -OCH3 is 1. The van der Waals surface area contributed by atoms with Gasteiger partial charge in [-0.1, -0.05) is 20.8 Å². The van der Waals surface area contributed by atoms with Crippen molar-refractivity contribution < 1.29 is 29.0 Å². The van der Waals surface area contributed by atoms with Crippen LogP contribution in [0.4, 0.5) is 0 Å². The Hall–Kier alpha value is -2.16. The second kappa shape index (κ2) is 7.10. The van der Waals surface area contributed by atoms with Gasteiger partial charge in [0, 0.05) is 6.04 Å². The molecule has 2 rings (SSSR count). The summed E-state index contributed by atoms with van der Waals surface area (Å²) in [4.78, 5) is 49.8. The van der Waals surface area contributed by atoms with E-state index in [1.807, 2.05) is 20.8 Å². The summed E-state index contributed by atoms with van der Waals surface area (Å²) >= 11 is 0. The number of carbonyl (C=O) groups is 4. The summed E-state index contributed by atoms with van der Waals surface area (Å²) < 4.78 is 4.72. The van der Waals surface area contributed by atoms with Crippen molar-refractivity contribution in [1.82, 2.24) is 4.90 Å². The molecule has 0 radical (unpaired) electrons. The molecule has 2 bridgehead atoms. The van der Waals surface area contributed by atoms with E-state index in [4.69, 9.17) is 21.3 Å². The Bertz CT molecular complexity index is 659. The summed E-state index contributed by atoms with van der Waals surface area (Å²) in [6.45, 7) is 6.00. The number of carbonyl (C=O) groups excluding carboxylic acids is 3. The Morgan fingerprint density at radius 1 is 1.26 bits per heavy atom. The molecular formula is C18H29N3O6. The highest BCUT2D eigenvalue weighted by Crippen LogP contribution is 2.64. The summed E-state index contributed by atoms with van der Waals surface area (Å²) in [6, 6.07) is -3.54. The van der Waals surface area contributed by atoms with E-state index in [1.165, 1.54) is 0 Å². The number of amides is 2. The molecule has 9 nitrogen and oxygen atoms in total. The standard InChI is InChI=1S/C18H29N3O6/c1-17(2)9-5-6-18(3,8-9)16(17)21(12(13(20)24)15(26)27-4)14(25)10(19)7-11(22)23/h9-10,12,16H,5-8,19H2,1-4H3,(H2,20,24)(H,22,23)/t9?,10-,12+,16?,18?/m0/s1. The van der Waals surface area contributed by atoms with E-state index in [0.29, 0.717) is 5.92 Å². The van der Waals surface area contributed by atoms with Crippen molar-refractivity contribution in [3.05, 3.63) is 0 Å². The van der Waals surface area contributed by atoms with Crippen LogP contribution >= 0.6 is 0 Å². The van der Waals surface area contributed by atoms with E-state index >= 15 is 0 Å². The Morgan fingerprint density at radius 2 is 1.85 bits per heavy atom. The Morgan fingerprint density at radius 3 is 2.26 bits per heavy atom. The van der Waals surface area contributed by atoms with Crippen LogP contribution in [-0.2, 0) is 23.9 Å². The number of rotatable bonds is 7. The van der Waals surface area contributed by atoms with E-state index in [9.17, 15) is 19.2 Å². The van der Waals surface area contributed by atoms with E-state index in [1.54, 1.807) is 0 Å². The van der Waals surface area contributed by atoms with Gasteiger partial charge in [-0.2, -0.15) is 0 Å². The largest absolute Gasteiger partial charge is 0.481 e. The number of carboxylic acid groups (broad SMARTS) is 1. The van der Waals surface area contributed by atoms with E-state index in [2.05, 4.69) is 0 Å². The normalized spacial score (nSPS) is 30.4. The maximum Gasteiger partial charge on any atom is 0.338 e. The molecule has 2 aliphatic rings. The number of esters is 1. The van der Waals surface area contributed by atoms with Gasteiger partial charge in [-0.05, 0) is 36.0 Å². The van der Waals surface area contributed by atoms with E-state index in [-0.39, 0.29) is 5.41 Å². The van der Waals surface area contributed by atoms with Crippen LogP contribution < -0.4 is 11.5 Å². The molecule has 0 aliphatic heterocycles. The average molecular weight is 383 g/mol. The van der Waals surface area contributed by atoms with Crippen LogP contribution in [0.5, 0.6) is 0 Å². The quantitative estimate of drug-likeness (QED) is 0.408. The van der Waals surface area contributed by atoms with Gasteiger partial charge in [0.05, 0.1) is 19.6 Å². The third kappa shape index (κ3) is 3.52. The fourth-order valence-electron chi connectivity index (χ4n) is 5.32. The first kappa shape index (κ1) is 21.1. The summed E-state index contributed by atoms with van der Waals surface area (Å²) in [5, 5.41) is 9.01. The first-order valence-electron chi connectivity index (χ1n) is 9.03. The highest BCUT2D eigenvalue weighted by molar-refractivity contribution is 6.05. The number of fused-ring (bicyclic) bond motifs is 2. The molecule has 9 heteroatoms. The predicted molar refractivity (Wildman–Crippen MR) is 95.1 cm³/mol. The fraction of sp³-hybridized carbons (Fsp3) is 0.778. The molecule has 0 aromatic carbocycles. The summed E-state index contributed by atoms with van der Waals surface area (Å²) in [5.74, 6) is -3.70. The average Bonchev–Trinajstić information content (AvgIpc) is 3.02. The molecule has 0 heterocycles. The van der Waals surface area contributed by atoms with Gasteiger partial charge in [0.2, 0.25) is 11.9 Å². The molecule has 2 aliphatic carbocycles. The monoisotopic (exact) mass is 383 g/mol. The van der Waals surface area contributed by atoms with Gasteiger partial charge in [0.25, 0.3) is 5.91 Å². The zero-order chi connectivity index (χ0) is 20.7. The number of hydrogen-bond donors (Lipinski definition) is 3. The SMILES string of the molecule is COC(=O)[C@@H](C(N)=O)N(C(=O)[C@@H](N)CC(=O)O)C1C2(C)CCC(C2)C1(C)C. The van der Waals surface area contributed by atoms with Crippen LogP contribution in [0.3, 0.4) is 0 Å². The molecule has 0 aromatic rings. The molecule has 0 spiro atoms. The molecule has 2 amide bonds. The van der Waals surface area contributed by atoms with Gasteiger partial charge in [0.1, 0.15) is 0 Å². The third-order valence-electron chi connectivity index (χ3n) is 6.41. The van der Waals surface area contributed by atoms with Crippen molar-refractivity contribution in [3.8, 4) is 0 Å². The topological polar surface area (TPSA) is 153 Å². The van der Waals surface area contributed by atoms with Crippen LogP contribution in [0.2, 0.25) is 0 Å². The minimum atomic E-state index is -1.65. The van der Waals surface area contributed by atoms with Gasteiger partial charge in [-0.15, -0.1) is 0 Å². The van der Waals surface area contributed by atoms with Gasteiger partial charge in [-0.25, -0.2) is 4.79 Å². The number of nitrogens with zero attached hydrogens (tertiary/aromatic N) is 1. The highest BCUT2D eigenvalue weighted by atomic mass is 16.5. The summed E-state index contributed by atoms with van der Waals surface area (Å²) in [5.41, 5.74) is 10.6. The van der Waals surface area contributed by atoms with Crippen LogP contribution in [0.25, 0.3) is 0 Å². The summed E-state index contributed by atoms with van der Waals surface area (Å²) in [7, 11) is 1.10. The number of carboxylic acids is 1. The Labute approximate surface area is 158 Å². The van der Waals surface area contributed by atoms with Crippen LogP contribution in [0.1, 0.15) is 46.5 Å². The maximum atomic E-state index is 13.2. The maximum absolute atomic E-state index is 13.2. The predicted octanol–water partition coefficient (Wildman–Crippen LogP) is -0.141. The Balaban J connectivity index is 2.56.